The molecule has 5 nitrogen and oxygen atoms in total. The SMILES string of the molecule is COc1cc2c(c(OC)c1OC)=C(c1nccs1)N=2. The zero-order valence-electron chi connectivity index (χ0n) is 10.8. The summed E-state index contributed by atoms with van der Waals surface area (Å²) in [5.41, 5.74) is 0.836. The lowest BCUT2D eigenvalue weighted by atomic mass is 10.1. The van der Waals surface area contributed by atoms with E-state index in [4.69, 9.17) is 14.2 Å². The second-order valence-electron chi connectivity index (χ2n) is 3.84. The lowest BCUT2D eigenvalue weighted by molar-refractivity contribution is 0.321. The smallest absolute Gasteiger partial charge is 0.204 e. The van der Waals surface area contributed by atoms with Crippen LogP contribution in [0.4, 0.5) is 0 Å². The summed E-state index contributed by atoms with van der Waals surface area (Å²) >= 11 is 1.54. The zero-order chi connectivity index (χ0) is 13.4. The van der Waals surface area contributed by atoms with Crippen LogP contribution in [-0.2, 0) is 0 Å². The van der Waals surface area contributed by atoms with Gasteiger partial charge >= 0.3 is 0 Å². The summed E-state index contributed by atoms with van der Waals surface area (Å²) in [5.74, 6) is 1.82. The highest BCUT2D eigenvalue weighted by Crippen LogP contribution is 2.34. The number of ether oxygens (including phenoxy) is 3. The molecular weight excluding hydrogens is 264 g/mol. The third-order valence-corrected chi connectivity index (χ3v) is 3.69. The van der Waals surface area contributed by atoms with Crippen LogP contribution in [0.1, 0.15) is 5.01 Å². The molecule has 0 unspecified atom stereocenters. The van der Waals surface area contributed by atoms with E-state index in [1.165, 1.54) is 0 Å². The standard InChI is InChI=1S/C13H12N2O3S/c1-16-8-6-7-9(12(18-3)11(8)17-2)10(15-7)13-14-4-5-19-13/h4-6H,1-3H3. The molecule has 98 valence electrons. The van der Waals surface area contributed by atoms with Crippen molar-refractivity contribution in [3.05, 3.63) is 33.2 Å². The summed E-state index contributed by atoms with van der Waals surface area (Å²) in [5, 5.41) is 4.55. The fourth-order valence-electron chi connectivity index (χ4n) is 2.08. The van der Waals surface area contributed by atoms with Crippen molar-refractivity contribution in [1.29, 1.82) is 0 Å². The molecule has 2 heterocycles. The third kappa shape index (κ3) is 1.67. The molecule has 2 aromatic rings. The first-order chi connectivity index (χ1) is 9.30. The molecule has 0 amide bonds. The molecule has 0 spiro atoms. The maximum absolute atomic E-state index is 5.46. The van der Waals surface area contributed by atoms with Crippen LogP contribution in [0.25, 0.3) is 5.70 Å². The molecule has 3 rings (SSSR count). The number of hydrogen-bond donors (Lipinski definition) is 0. The Morgan fingerprint density at radius 3 is 2.42 bits per heavy atom. The van der Waals surface area contributed by atoms with Crippen LogP contribution in [0, 0.1) is 0 Å². The van der Waals surface area contributed by atoms with Gasteiger partial charge in [0.15, 0.2) is 11.5 Å². The van der Waals surface area contributed by atoms with E-state index < -0.39 is 0 Å². The van der Waals surface area contributed by atoms with Gasteiger partial charge in [-0.3, -0.25) is 0 Å². The highest BCUT2D eigenvalue weighted by atomic mass is 32.1. The summed E-state index contributed by atoms with van der Waals surface area (Å²) in [6.45, 7) is 0. The maximum Gasteiger partial charge on any atom is 0.204 e. The molecule has 0 saturated carbocycles. The van der Waals surface area contributed by atoms with Crippen LogP contribution in [0.5, 0.6) is 17.2 Å². The number of benzene rings is 1. The van der Waals surface area contributed by atoms with Crippen LogP contribution in [0.2, 0.25) is 0 Å². The first-order valence-electron chi connectivity index (χ1n) is 5.62. The summed E-state index contributed by atoms with van der Waals surface area (Å²) < 4.78 is 16.1. The van der Waals surface area contributed by atoms with Crippen molar-refractivity contribution < 1.29 is 14.2 Å². The largest absolute Gasteiger partial charge is 0.493 e. The Bertz CT molecular complexity index is 738. The van der Waals surface area contributed by atoms with Gasteiger partial charge in [0, 0.05) is 17.6 Å². The molecule has 0 aliphatic carbocycles. The minimum Gasteiger partial charge on any atom is -0.493 e. The quantitative estimate of drug-likeness (QED) is 0.834. The van der Waals surface area contributed by atoms with Crippen LogP contribution >= 0.6 is 11.3 Å². The normalized spacial score (nSPS) is 12.3. The zero-order valence-corrected chi connectivity index (χ0v) is 11.6. The molecule has 0 bridgehead atoms. The van der Waals surface area contributed by atoms with E-state index in [2.05, 4.69) is 9.98 Å². The summed E-state index contributed by atoms with van der Waals surface area (Å²) in [7, 11) is 4.79. The number of fused-ring (bicyclic) bond motifs is 1. The van der Waals surface area contributed by atoms with E-state index in [1.54, 1.807) is 38.9 Å². The van der Waals surface area contributed by atoms with Gasteiger partial charge < -0.3 is 14.2 Å². The van der Waals surface area contributed by atoms with Crippen LogP contribution in [0.3, 0.4) is 0 Å². The van der Waals surface area contributed by atoms with Gasteiger partial charge in [0.25, 0.3) is 0 Å². The summed E-state index contributed by atoms with van der Waals surface area (Å²) in [6.07, 6.45) is 1.76. The van der Waals surface area contributed by atoms with Gasteiger partial charge in [-0.25, -0.2) is 9.98 Å². The van der Waals surface area contributed by atoms with Gasteiger partial charge in [-0.15, -0.1) is 11.3 Å². The molecule has 0 radical (unpaired) electrons. The minimum absolute atomic E-state index is 0.577. The van der Waals surface area contributed by atoms with Crippen molar-refractivity contribution in [2.75, 3.05) is 21.3 Å². The Morgan fingerprint density at radius 2 is 1.84 bits per heavy atom. The number of nitrogens with zero attached hydrogens (tertiary/aromatic N) is 2. The van der Waals surface area contributed by atoms with Crippen LogP contribution in [-0.4, -0.2) is 26.3 Å². The fraction of sp³-hybridized carbons (Fsp3) is 0.231. The molecule has 0 fully saturated rings. The molecule has 19 heavy (non-hydrogen) atoms. The Morgan fingerprint density at radius 1 is 1.05 bits per heavy atom. The second-order valence-corrected chi connectivity index (χ2v) is 4.73. The monoisotopic (exact) mass is 276 g/mol. The van der Waals surface area contributed by atoms with E-state index in [9.17, 15) is 0 Å². The number of methoxy groups -OCH3 is 3. The van der Waals surface area contributed by atoms with Crippen molar-refractivity contribution in [2.45, 2.75) is 0 Å². The van der Waals surface area contributed by atoms with Crippen molar-refractivity contribution in [2.24, 2.45) is 4.99 Å². The van der Waals surface area contributed by atoms with Crippen LogP contribution in [0.15, 0.2) is 22.6 Å². The lowest BCUT2D eigenvalue weighted by Crippen LogP contribution is -2.37. The Labute approximate surface area is 113 Å². The molecule has 6 heteroatoms. The predicted molar refractivity (Wildman–Crippen MR) is 71.5 cm³/mol. The summed E-state index contributed by atoms with van der Waals surface area (Å²) in [4.78, 5) is 8.74. The first kappa shape index (κ1) is 12.0. The highest BCUT2D eigenvalue weighted by molar-refractivity contribution is 7.10. The maximum atomic E-state index is 5.46. The average molecular weight is 276 g/mol. The van der Waals surface area contributed by atoms with E-state index in [-0.39, 0.29) is 0 Å². The van der Waals surface area contributed by atoms with Gasteiger partial charge in [-0.2, -0.15) is 0 Å². The molecule has 1 aromatic heterocycles. The van der Waals surface area contributed by atoms with Gasteiger partial charge in [0.2, 0.25) is 5.75 Å². The molecule has 1 aromatic carbocycles. The van der Waals surface area contributed by atoms with E-state index in [1.807, 2.05) is 11.4 Å². The van der Waals surface area contributed by atoms with E-state index in [0.29, 0.717) is 17.2 Å². The Balaban J connectivity index is 2.32. The molecule has 0 saturated heterocycles. The minimum atomic E-state index is 0.577. The Kier molecular flexibility index (Phi) is 2.87. The average Bonchev–Trinajstić information content (AvgIpc) is 2.92. The lowest BCUT2D eigenvalue weighted by Gasteiger charge is -2.17. The molecule has 1 aliphatic heterocycles. The number of rotatable bonds is 4. The van der Waals surface area contributed by atoms with Gasteiger partial charge in [-0.05, 0) is 0 Å². The second kappa shape index (κ2) is 4.55. The molecular formula is C13H12N2O3S. The topological polar surface area (TPSA) is 52.9 Å². The van der Waals surface area contributed by atoms with E-state index >= 15 is 0 Å². The summed E-state index contributed by atoms with van der Waals surface area (Å²) in [6, 6.07) is 1.84. The van der Waals surface area contributed by atoms with Gasteiger partial charge in [0.1, 0.15) is 10.7 Å². The Hall–Kier alpha value is -2.08. The molecule has 0 N–H and O–H groups in total. The van der Waals surface area contributed by atoms with Crippen molar-refractivity contribution >= 4 is 17.0 Å². The molecule has 1 aliphatic rings. The van der Waals surface area contributed by atoms with Crippen molar-refractivity contribution in [3.8, 4) is 17.2 Å². The van der Waals surface area contributed by atoms with Crippen LogP contribution < -0.4 is 24.8 Å². The predicted octanol–water partition coefficient (Wildman–Crippen LogP) is 0.959. The fourth-order valence-corrected chi connectivity index (χ4v) is 2.71. The third-order valence-electron chi connectivity index (χ3n) is 2.91. The van der Waals surface area contributed by atoms with Crippen molar-refractivity contribution in [1.82, 2.24) is 4.98 Å². The highest BCUT2D eigenvalue weighted by Gasteiger charge is 2.23. The van der Waals surface area contributed by atoms with Gasteiger partial charge in [0.05, 0.1) is 31.9 Å². The number of aromatic nitrogens is 1. The molecule has 0 atom stereocenters. The van der Waals surface area contributed by atoms with E-state index in [0.717, 1.165) is 21.3 Å². The number of hydrogen-bond acceptors (Lipinski definition) is 6. The number of thiazole rings is 1. The first-order valence-corrected chi connectivity index (χ1v) is 6.50. The van der Waals surface area contributed by atoms with Crippen molar-refractivity contribution in [3.63, 3.8) is 0 Å². The van der Waals surface area contributed by atoms with Gasteiger partial charge in [-0.1, -0.05) is 0 Å².